The summed E-state index contributed by atoms with van der Waals surface area (Å²) in [5, 5.41) is 3.08. The molecule has 10 heteroatoms. The molecule has 0 fully saturated rings. The third kappa shape index (κ3) is 5.09. The maximum atomic E-state index is 12.9. The van der Waals surface area contributed by atoms with E-state index in [1.807, 2.05) is 17.6 Å². The number of hydrogen-bond acceptors (Lipinski definition) is 5. The normalized spacial score (nSPS) is 10.7. The van der Waals surface area contributed by atoms with Crippen molar-refractivity contribution >= 4 is 46.2 Å². The lowest BCUT2D eigenvalue weighted by Gasteiger charge is -2.19. The van der Waals surface area contributed by atoms with E-state index in [-0.39, 0.29) is 23.7 Å². The molecule has 0 saturated carbocycles. The first-order chi connectivity index (χ1) is 15.7. The summed E-state index contributed by atoms with van der Waals surface area (Å²) in [6, 6.07) is 9.47. The van der Waals surface area contributed by atoms with Crippen LogP contribution >= 0.6 is 11.6 Å². The fraction of sp³-hybridized carbons (Fsp3) is 0.304. The molecule has 3 rings (SSSR count). The molecule has 0 spiro atoms. The van der Waals surface area contributed by atoms with E-state index in [4.69, 9.17) is 16.3 Å². The van der Waals surface area contributed by atoms with Gasteiger partial charge in [0.05, 0.1) is 35.9 Å². The summed E-state index contributed by atoms with van der Waals surface area (Å²) >= 11 is 6.04. The summed E-state index contributed by atoms with van der Waals surface area (Å²) in [5.41, 5.74) is 2.54. The minimum atomic E-state index is -0.583. The number of esters is 1. The van der Waals surface area contributed by atoms with Gasteiger partial charge >= 0.3 is 12.0 Å². The molecule has 0 aliphatic rings. The second-order valence-electron chi connectivity index (χ2n) is 7.64. The van der Waals surface area contributed by atoms with Crippen LogP contribution in [0.2, 0.25) is 5.02 Å². The molecular formula is C23H26ClN5O4. The van der Waals surface area contributed by atoms with Crippen LogP contribution in [-0.4, -0.2) is 65.5 Å². The summed E-state index contributed by atoms with van der Waals surface area (Å²) in [6.45, 7) is 2.83. The molecule has 9 nitrogen and oxygen atoms in total. The van der Waals surface area contributed by atoms with Crippen LogP contribution in [0.3, 0.4) is 0 Å². The SMILES string of the molecule is CCn1c(CN(C)C(=O)Nc2cc(Cl)ccc2C(=O)OC)nc2cc(C(=O)N(C)C)ccc21. The molecule has 0 aliphatic carbocycles. The molecule has 0 bridgehead atoms. The summed E-state index contributed by atoms with van der Waals surface area (Å²) in [5.74, 6) is -0.0247. The Labute approximate surface area is 196 Å². The van der Waals surface area contributed by atoms with Gasteiger partial charge in [0, 0.05) is 38.3 Å². The van der Waals surface area contributed by atoms with Crippen LogP contribution in [0, 0.1) is 0 Å². The van der Waals surface area contributed by atoms with Crippen LogP contribution in [0.1, 0.15) is 33.5 Å². The van der Waals surface area contributed by atoms with Crippen molar-refractivity contribution in [3.05, 3.63) is 58.4 Å². The average molecular weight is 472 g/mol. The third-order valence-corrected chi connectivity index (χ3v) is 5.39. The number of carbonyl (C=O) groups excluding carboxylic acids is 3. The number of methoxy groups -OCH3 is 1. The summed E-state index contributed by atoms with van der Waals surface area (Å²) < 4.78 is 6.76. The number of fused-ring (bicyclic) bond motifs is 1. The fourth-order valence-corrected chi connectivity index (χ4v) is 3.62. The van der Waals surface area contributed by atoms with E-state index < -0.39 is 12.0 Å². The number of aryl methyl sites for hydroxylation is 1. The van der Waals surface area contributed by atoms with Gasteiger partial charge in [-0.1, -0.05) is 11.6 Å². The molecule has 1 N–H and O–H groups in total. The quantitative estimate of drug-likeness (QED) is 0.550. The highest BCUT2D eigenvalue weighted by molar-refractivity contribution is 6.31. The minimum Gasteiger partial charge on any atom is -0.465 e. The Balaban J connectivity index is 1.85. The van der Waals surface area contributed by atoms with Gasteiger partial charge < -0.3 is 24.4 Å². The number of carbonyl (C=O) groups is 3. The van der Waals surface area contributed by atoms with Crippen molar-refractivity contribution in [2.45, 2.75) is 20.0 Å². The minimum absolute atomic E-state index is 0.107. The largest absolute Gasteiger partial charge is 0.465 e. The van der Waals surface area contributed by atoms with Gasteiger partial charge in [-0.15, -0.1) is 0 Å². The van der Waals surface area contributed by atoms with E-state index in [1.165, 1.54) is 29.0 Å². The van der Waals surface area contributed by atoms with Gasteiger partial charge in [0.25, 0.3) is 5.91 Å². The molecule has 1 aromatic heterocycles. The number of benzene rings is 2. The maximum Gasteiger partial charge on any atom is 0.339 e. The highest BCUT2D eigenvalue weighted by Gasteiger charge is 2.19. The lowest BCUT2D eigenvalue weighted by Crippen LogP contribution is -2.32. The number of nitrogens with zero attached hydrogens (tertiary/aromatic N) is 4. The number of urea groups is 1. The van der Waals surface area contributed by atoms with Gasteiger partial charge in [-0.05, 0) is 43.3 Å². The van der Waals surface area contributed by atoms with E-state index in [0.717, 1.165) is 5.52 Å². The summed E-state index contributed by atoms with van der Waals surface area (Å²) in [7, 11) is 6.28. The molecule has 1 heterocycles. The van der Waals surface area contributed by atoms with E-state index in [1.54, 1.807) is 39.3 Å². The lowest BCUT2D eigenvalue weighted by molar-refractivity contribution is 0.0601. The zero-order valence-electron chi connectivity index (χ0n) is 19.2. The Hall–Kier alpha value is -3.59. The first kappa shape index (κ1) is 24.1. The van der Waals surface area contributed by atoms with Crippen molar-refractivity contribution in [2.24, 2.45) is 0 Å². The number of hydrogen-bond donors (Lipinski definition) is 1. The maximum absolute atomic E-state index is 12.9. The van der Waals surface area contributed by atoms with Crippen molar-refractivity contribution in [3.63, 3.8) is 0 Å². The monoisotopic (exact) mass is 471 g/mol. The molecule has 174 valence electrons. The number of ether oxygens (including phenoxy) is 1. The molecule has 3 aromatic rings. The second-order valence-corrected chi connectivity index (χ2v) is 8.08. The van der Waals surface area contributed by atoms with Crippen molar-refractivity contribution in [1.29, 1.82) is 0 Å². The lowest BCUT2D eigenvalue weighted by atomic mass is 10.2. The fourth-order valence-electron chi connectivity index (χ4n) is 3.45. The van der Waals surface area contributed by atoms with Crippen LogP contribution < -0.4 is 5.32 Å². The standard InChI is InChI=1S/C23H26ClN5O4/c1-6-29-19-10-7-14(21(30)27(2)3)11-18(19)25-20(29)13-28(4)23(32)26-17-12-15(24)8-9-16(17)22(31)33-5/h7-12H,6,13H2,1-5H3,(H,26,32). The van der Waals surface area contributed by atoms with Crippen molar-refractivity contribution in [3.8, 4) is 0 Å². The Morgan fingerprint density at radius 1 is 1.12 bits per heavy atom. The topological polar surface area (TPSA) is 96.8 Å². The van der Waals surface area contributed by atoms with Crippen molar-refractivity contribution in [2.75, 3.05) is 33.6 Å². The molecule has 2 aromatic carbocycles. The first-order valence-electron chi connectivity index (χ1n) is 10.3. The smallest absolute Gasteiger partial charge is 0.339 e. The zero-order chi connectivity index (χ0) is 24.3. The Kier molecular flexibility index (Phi) is 7.23. The molecule has 33 heavy (non-hydrogen) atoms. The number of nitrogens with one attached hydrogen (secondary N) is 1. The number of rotatable bonds is 6. The Bertz CT molecular complexity index is 1220. The van der Waals surface area contributed by atoms with Crippen molar-refractivity contribution < 1.29 is 19.1 Å². The molecule has 0 atom stereocenters. The second kappa shape index (κ2) is 9.91. The number of aromatic nitrogens is 2. The van der Waals surface area contributed by atoms with E-state index in [0.29, 0.717) is 28.5 Å². The molecule has 0 radical (unpaired) electrons. The molecule has 0 saturated heterocycles. The van der Waals surface area contributed by atoms with Gasteiger partial charge in [-0.3, -0.25) is 4.79 Å². The van der Waals surface area contributed by atoms with Crippen LogP contribution in [-0.2, 0) is 17.8 Å². The zero-order valence-corrected chi connectivity index (χ0v) is 19.9. The van der Waals surface area contributed by atoms with E-state index in [9.17, 15) is 14.4 Å². The van der Waals surface area contributed by atoms with Crippen LogP contribution in [0.5, 0.6) is 0 Å². The van der Waals surface area contributed by atoms with Crippen molar-refractivity contribution in [1.82, 2.24) is 19.4 Å². The van der Waals surface area contributed by atoms with E-state index in [2.05, 4.69) is 10.3 Å². The predicted molar refractivity (Wildman–Crippen MR) is 127 cm³/mol. The number of imidazole rings is 1. The summed E-state index contributed by atoms with van der Waals surface area (Å²) in [4.78, 5) is 44.8. The van der Waals surface area contributed by atoms with Gasteiger partial charge in [-0.25, -0.2) is 14.6 Å². The highest BCUT2D eigenvalue weighted by atomic mass is 35.5. The van der Waals surface area contributed by atoms with Gasteiger partial charge in [0.1, 0.15) is 5.82 Å². The molecular weight excluding hydrogens is 446 g/mol. The van der Waals surface area contributed by atoms with Gasteiger partial charge in [-0.2, -0.15) is 0 Å². The third-order valence-electron chi connectivity index (χ3n) is 5.15. The van der Waals surface area contributed by atoms with Crippen LogP contribution in [0.15, 0.2) is 36.4 Å². The summed E-state index contributed by atoms with van der Waals surface area (Å²) in [6.07, 6.45) is 0. The van der Waals surface area contributed by atoms with Crippen LogP contribution in [0.25, 0.3) is 11.0 Å². The van der Waals surface area contributed by atoms with E-state index >= 15 is 0 Å². The molecule has 0 unspecified atom stereocenters. The van der Waals surface area contributed by atoms with Gasteiger partial charge in [0.15, 0.2) is 0 Å². The highest BCUT2D eigenvalue weighted by Crippen LogP contribution is 2.23. The van der Waals surface area contributed by atoms with Crippen LogP contribution in [0.4, 0.5) is 10.5 Å². The number of amides is 3. The Morgan fingerprint density at radius 2 is 1.85 bits per heavy atom. The molecule has 0 aliphatic heterocycles. The van der Waals surface area contributed by atoms with Gasteiger partial charge in [0.2, 0.25) is 0 Å². The number of anilines is 1. The Morgan fingerprint density at radius 3 is 2.48 bits per heavy atom. The molecule has 3 amide bonds. The predicted octanol–water partition coefficient (Wildman–Crippen LogP) is 3.86. The number of halogens is 1. The first-order valence-corrected chi connectivity index (χ1v) is 10.6. The average Bonchev–Trinajstić information content (AvgIpc) is 3.13.